The third-order valence-corrected chi connectivity index (χ3v) is 2.57. The first-order valence-corrected chi connectivity index (χ1v) is 5.92. The van der Waals surface area contributed by atoms with E-state index >= 15 is 0 Å². The summed E-state index contributed by atoms with van der Waals surface area (Å²) in [6.45, 7) is 0.509. The lowest BCUT2D eigenvalue weighted by Gasteiger charge is -2.07. The number of aromatic nitrogens is 1. The molecule has 0 saturated carbocycles. The molecule has 104 valence electrons. The van der Waals surface area contributed by atoms with Crippen LogP contribution in [-0.2, 0) is 11.3 Å². The van der Waals surface area contributed by atoms with Gasteiger partial charge < -0.3 is 20.4 Å². The van der Waals surface area contributed by atoms with Crippen LogP contribution in [0.4, 0.5) is 0 Å². The number of rotatable bonds is 5. The van der Waals surface area contributed by atoms with E-state index in [2.05, 4.69) is 10.1 Å². The molecular formula is C14H15N3O3. The lowest BCUT2D eigenvalue weighted by atomic mass is 10.2. The maximum Gasteiger partial charge on any atom is 0.219 e. The summed E-state index contributed by atoms with van der Waals surface area (Å²) < 4.78 is 10.7. The summed E-state index contributed by atoms with van der Waals surface area (Å²) in [7, 11) is 1.63. The molecule has 0 aliphatic carbocycles. The van der Waals surface area contributed by atoms with Crippen molar-refractivity contribution in [3.05, 3.63) is 53.7 Å². The predicted molar refractivity (Wildman–Crippen MR) is 74.0 cm³/mol. The number of ether oxygens (including phenoxy) is 2. The predicted octanol–water partition coefficient (Wildman–Crippen LogP) is 2.11. The number of nitrogens with zero attached hydrogens (tertiary/aromatic N) is 2. The minimum atomic E-state index is 0.00498. The molecule has 1 heterocycles. The molecule has 0 spiro atoms. The molecule has 2 rings (SSSR count). The number of oxime groups is 1. The van der Waals surface area contributed by atoms with E-state index in [1.54, 1.807) is 19.2 Å². The molecule has 6 heteroatoms. The molecule has 1 aromatic carbocycles. The number of amidine groups is 1. The van der Waals surface area contributed by atoms with Crippen LogP contribution in [0.2, 0.25) is 0 Å². The highest BCUT2D eigenvalue weighted by Crippen LogP contribution is 2.21. The van der Waals surface area contributed by atoms with Gasteiger partial charge in [-0.2, -0.15) is 0 Å². The zero-order valence-electron chi connectivity index (χ0n) is 11.0. The molecule has 0 saturated heterocycles. The largest absolute Gasteiger partial charge is 0.439 e. The highest BCUT2D eigenvalue weighted by molar-refractivity contribution is 5.97. The molecule has 0 bridgehead atoms. The Labute approximate surface area is 116 Å². The van der Waals surface area contributed by atoms with Crippen LogP contribution in [0.3, 0.4) is 0 Å². The summed E-state index contributed by atoms with van der Waals surface area (Å²) in [6, 6.07) is 10.7. The molecule has 0 unspecified atom stereocenters. The van der Waals surface area contributed by atoms with Gasteiger partial charge in [0.1, 0.15) is 5.75 Å². The zero-order valence-corrected chi connectivity index (χ0v) is 11.0. The minimum absolute atomic E-state index is 0.00498. The highest BCUT2D eigenvalue weighted by Gasteiger charge is 2.04. The van der Waals surface area contributed by atoms with Gasteiger partial charge >= 0.3 is 0 Å². The van der Waals surface area contributed by atoms with E-state index in [1.165, 1.54) is 6.20 Å². The third kappa shape index (κ3) is 3.46. The molecule has 20 heavy (non-hydrogen) atoms. The summed E-state index contributed by atoms with van der Waals surface area (Å²) in [5.74, 6) is 1.01. The van der Waals surface area contributed by atoms with Gasteiger partial charge in [0.2, 0.25) is 5.88 Å². The van der Waals surface area contributed by atoms with Gasteiger partial charge in [-0.05, 0) is 23.8 Å². The van der Waals surface area contributed by atoms with Crippen molar-refractivity contribution < 1.29 is 14.7 Å². The zero-order chi connectivity index (χ0) is 14.4. The first-order valence-electron chi connectivity index (χ1n) is 5.92. The summed E-state index contributed by atoms with van der Waals surface area (Å²) in [4.78, 5) is 4.08. The van der Waals surface area contributed by atoms with Crippen LogP contribution in [0, 0.1) is 0 Å². The number of hydrogen-bond acceptors (Lipinski definition) is 5. The van der Waals surface area contributed by atoms with Gasteiger partial charge in [0.15, 0.2) is 5.84 Å². The normalized spacial score (nSPS) is 11.3. The van der Waals surface area contributed by atoms with Crippen molar-refractivity contribution in [2.75, 3.05) is 7.11 Å². The average molecular weight is 273 g/mol. The lowest BCUT2D eigenvalue weighted by molar-refractivity contribution is 0.184. The van der Waals surface area contributed by atoms with Gasteiger partial charge in [-0.3, -0.25) is 0 Å². The smallest absolute Gasteiger partial charge is 0.219 e. The van der Waals surface area contributed by atoms with Crippen LogP contribution in [0.5, 0.6) is 11.6 Å². The first-order chi connectivity index (χ1) is 9.72. The van der Waals surface area contributed by atoms with E-state index < -0.39 is 0 Å². The number of hydrogen-bond donors (Lipinski definition) is 2. The van der Waals surface area contributed by atoms with E-state index in [9.17, 15) is 0 Å². The van der Waals surface area contributed by atoms with Crippen LogP contribution < -0.4 is 10.5 Å². The fourth-order valence-corrected chi connectivity index (χ4v) is 1.67. The maximum absolute atomic E-state index is 8.65. The van der Waals surface area contributed by atoms with Gasteiger partial charge in [0, 0.05) is 24.9 Å². The van der Waals surface area contributed by atoms with Gasteiger partial charge in [-0.25, -0.2) is 4.98 Å². The maximum atomic E-state index is 8.65. The van der Waals surface area contributed by atoms with Gasteiger partial charge in [0.05, 0.1) is 6.61 Å². The Hall–Kier alpha value is -2.60. The highest BCUT2D eigenvalue weighted by atomic mass is 16.5. The molecule has 0 fully saturated rings. The Kier molecular flexibility index (Phi) is 4.52. The van der Waals surface area contributed by atoms with Crippen LogP contribution in [0.1, 0.15) is 11.1 Å². The Bertz CT molecular complexity index is 614. The molecule has 0 aliphatic heterocycles. The molecule has 6 nitrogen and oxygen atoms in total. The lowest BCUT2D eigenvalue weighted by Crippen LogP contribution is -2.13. The van der Waals surface area contributed by atoms with Crippen LogP contribution in [-0.4, -0.2) is 23.1 Å². The summed E-state index contributed by atoms with van der Waals surface area (Å²) in [5.41, 5.74) is 7.05. The fraction of sp³-hybridized carbons (Fsp3) is 0.143. The molecule has 0 aliphatic rings. The van der Waals surface area contributed by atoms with Gasteiger partial charge in [-0.1, -0.05) is 17.3 Å². The quantitative estimate of drug-likeness (QED) is 0.377. The van der Waals surface area contributed by atoms with Crippen LogP contribution >= 0.6 is 0 Å². The number of nitrogens with two attached hydrogens (primary N) is 1. The number of methoxy groups -OCH3 is 1. The third-order valence-electron chi connectivity index (χ3n) is 2.57. The molecule has 0 radical (unpaired) electrons. The van der Waals surface area contributed by atoms with Crippen molar-refractivity contribution in [1.82, 2.24) is 4.98 Å². The van der Waals surface area contributed by atoms with Gasteiger partial charge in [0.25, 0.3) is 0 Å². The molecule has 3 N–H and O–H groups in total. The number of benzene rings is 1. The van der Waals surface area contributed by atoms with Crippen molar-refractivity contribution in [3.8, 4) is 11.6 Å². The minimum Gasteiger partial charge on any atom is -0.439 e. The standard InChI is InChI=1S/C14H15N3O3/c1-19-9-10-3-2-4-12(7-10)20-13-8-11(5-6-16-13)14(15)17-18/h2-8,18H,9H2,1H3,(H2,15,17). The Morgan fingerprint density at radius 1 is 1.35 bits per heavy atom. The molecule has 1 aromatic heterocycles. The first kappa shape index (κ1) is 13.8. The Balaban J connectivity index is 2.19. The molecule has 0 amide bonds. The van der Waals surface area contributed by atoms with E-state index in [0.29, 0.717) is 23.8 Å². The fourth-order valence-electron chi connectivity index (χ4n) is 1.67. The number of pyridine rings is 1. The van der Waals surface area contributed by atoms with Crippen LogP contribution in [0.15, 0.2) is 47.8 Å². The van der Waals surface area contributed by atoms with Crippen molar-refractivity contribution in [2.24, 2.45) is 10.9 Å². The van der Waals surface area contributed by atoms with E-state index in [4.69, 9.17) is 20.4 Å². The average Bonchev–Trinajstić information content (AvgIpc) is 2.47. The van der Waals surface area contributed by atoms with Crippen molar-refractivity contribution in [2.45, 2.75) is 6.61 Å². The monoisotopic (exact) mass is 273 g/mol. The molecule has 0 atom stereocenters. The van der Waals surface area contributed by atoms with Crippen molar-refractivity contribution >= 4 is 5.84 Å². The second kappa shape index (κ2) is 6.53. The van der Waals surface area contributed by atoms with E-state index in [1.807, 2.05) is 24.3 Å². The topological polar surface area (TPSA) is 90.0 Å². The second-order valence-corrected chi connectivity index (χ2v) is 4.05. The van der Waals surface area contributed by atoms with Crippen LogP contribution in [0.25, 0.3) is 0 Å². The van der Waals surface area contributed by atoms with Crippen molar-refractivity contribution in [1.29, 1.82) is 0 Å². The molecule has 2 aromatic rings. The summed E-state index contributed by atoms with van der Waals surface area (Å²) in [5, 5.41) is 11.6. The summed E-state index contributed by atoms with van der Waals surface area (Å²) >= 11 is 0. The Morgan fingerprint density at radius 3 is 2.95 bits per heavy atom. The second-order valence-electron chi connectivity index (χ2n) is 4.05. The van der Waals surface area contributed by atoms with Gasteiger partial charge in [-0.15, -0.1) is 0 Å². The van der Waals surface area contributed by atoms with E-state index in [-0.39, 0.29) is 5.84 Å². The van der Waals surface area contributed by atoms with E-state index in [0.717, 1.165) is 5.56 Å². The Morgan fingerprint density at radius 2 is 2.20 bits per heavy atom. The summed E-state index contributed by atoms with van der Waals surface area (Å²) in [6.07, 6.45) is 1.53. The molecular weight excluding hydrogens is 258 g/mol. The van der Waals surface area contributed by atoms with Crippen molar-refractivity contribution in [3.63, 3.8) is 0 Å². The SMILES string of the molecule is COCc1cccc(Oc2cc(C(N)=NO)ccn2)c1.